The van der Waals surface area contributed by atoms with Crippen molar-refractivity contribution in [3.63, 3.8) is 0 Å². The van der Waals surface area contributed by atoms with Crippen molar-refractivity contribution in [2.24, 2.45) is 11.8 Å². The van der Waals surface area contributed by atoms with Crippen molar-refractivity contribution >= 4 is 6.29 Å². The highest BCUT2D eigenvalue weighted by Gasteiger charge is 2.50. The van der Waals surface area contributed by atoms with Crippen molar-refractivity contribution in [2.75, 3.05) is 0 Å². The van der Waals surface area contributed by atoms with Crippen molar-refractivity contribution in [3.05, 3.63) is 70.3 Å². The van der Waals surface area contributed by atoms with Gasteiger partial charge in [0, 0.05) is 17.4 Å². The van der Waals surface area contributed by atoms with Gasteiger partial charge in [0.1, 0.15) is 6.29 Å². The predicted molar refractivity (Wildman–Crippen MR) is 80.2 cm³/mol. The summed E-state index contributed by atoms with van der Waals surface area (Å²) in [6, 6.07) is 18.3. The van der Waals surface area contributed by atoms with Gasteiger partial charge in [0.05, 0.1) is 24.0 Å². The molecule has 0 N–H and O–H groups in total. The van der Waals surface area contributed by atoms with Gasteiger partial charge in [0.15, 0.2) is 0 Å². The fourth-order valence-electron chi connectivity index (χ4n) is 4.22. The van der Waals surface area contributed by atoms with Gasteiger partial charge < -0.3 is 0 Å². The molecule has 2 aromatic carbocycles. The number of hydrogen-bond donors (Lipinski definition) is 0. The zero-order valence-corrected chi connectivity index (χ0v) is 11.7. The van der Waals surface area contributed by atoms with E-state index < -0.39 is 5.92 Å². The molecular formula is C19H12N2O. The summed E-state index contributed by atoms with van der Waals surface area (Å²) in [4.78, 5) is 11.5. The zero-order chi connectivity index (χ0) is 15.3. The Bertz CT molecular complexity index is 872. The molecule has 0 aromatic heterocycles. The Morgan fingerprint density at radius 1 is 0.818 bits per heavy atom. The highest BCUT2D eigenvalue weighted by Crippen LogP contribution is 2.58. The molecule has 0 saturated carbocycles. The minimum absolute atomic E-state index is 0.120. The van der Waals surface area contributed by atoms with Crippen LogP contribution in [0.25, 0.3) is 0 Å². The fraction of sp³-hybridized carbons (Fsp3) is 0.211. The first-order chi connectivity index (χ1) is 10.8. The first kappa shape index (κ1) is 12.8. The van der Waals surface area contributed by atoms with E-state index in [0.29, 0.717) is 5.56 Å². The lowest BCUT2D eigenvalue weighted by Gasteiger charge is -2.46. The maximum Gasteiger partial charge on any atom is 0.150 e. The molecule has 3 aliphatic rings. The van der Waals surface area contributed by atoms with Crippen LogP contribution in [-0.2, 0) is 0 Å². The van der Waals surface area contributed by atoms with Gasteiger partial charge in [-0.3, -0.25) is 4.79 Å². The highest BCUT2D eigenvalue weighted by atomic mass is 16.1. The molecule has 0 aliphatic heterocycles. The second-order valence-corrected chi connectivity index (χ2v) is 5.86. The molecule has 2 bridgehead atoms. The molecule has 3 nitrogen and oxygen atoms in total. The maximum atomic E-state index is 11.5. The lowest BCUT2D eigenvalue weighted by molar-refractivity contribution is 0.112. The lowest BCUT2D eigenvalue weighted by Crippen LogP contribution is -2.39. The molecule has 2 aromatic rings. The number of nitrogens with zero attached hydrogens (tertiary/aromatic N) is 2. The zero-order valence-electron chi connectivity index (χ0n) is 11.7. The second-order valence-electron chi connectivity index (χ2n) is 5.86. The predicted octanol–water partition coefficient (Wildman–Crippen LogP) is 3.37. The Hall–Kier alpha value is -2.91. The van der Waals surface area contributed by atoms with Crippen LogP contribution in [0, 0.1) is 34.5 Å². The van der Waals surface area contributed by atoms with Crippen LogP contribution in [-0.4, -0.2) is 6.29 Å². The van der Waals surface area contributed by atoms with Gasteiger partial charge in [0.2, 0.25) is 0 Å². The van der Waals surface area contributed by atoms with Crippen molar-refractivity contribution in [2.45, 2.75) is 11.8 Å². The van der Waals surface area contributed by atoms with Crippen molar-refractivity contribution in [1.82, 2.24) is 0 Å². The third kappa shape index (κ3) is 1.41. The van der Waals surface area contributed by atoms with E-state index in [1.165, 1.54) is 0 Å². The third-order valence-corrected chi connectivity index (χ3v) is 5.02. The number of carbonyl (C=O) groups is 1. The molecule has 22 heavy (non-hydrogen) atoms. The van der Waals surface area contributed by atoms with Crippen LogP contribution >= 0.6 is 0 Å². The molecule has 0 heterocycles. The SMILES string of the molecule is N#CC1C2c3ccccc3C(c3cccc(C=O)c32)[C@H]1C#N. The summed E-state index contributed by atoms with van der Waals surface area (Å²) in [5.41, 5.74) is 4.83. The summed E-state index contributed by atoms with van der Waals surface area (Å²) in [5.74, 6) is -1.07. The molecule has 104 valence electrons. The van der Waals surface area contributed by atoms with Gasteiger partial charge in [-0.1, -0.05) is 42.5 Å². The molecule has 4 atom stereocenters. The quantitative estimate of drug-likeness (QED) is 0.754. The summed E-state index contributed by atoms with van der Waals surface area (Å²) in [7, 11) is 0. The second kappa shape index (κ2) is 4.55. The van der Waals surface area contributed by atoms with E-state index in [2.05, 4.69) is 12.1 Å². The monoisotopic (exact) mass is 284 g/mol. The Kier molecular flexibility index (Phi) is 2.65. The van der Waals surface area contributed by atoms with Gasteiger partial charge in [-0.05, 0) is 22.3 Å². The molecule has 0 radical (unpaired) electrons. The summed E-state index contributed by atoms with van der Waals surface area (Å²) >= 11 is 0. The molecule has 0 fully saturated rings. The average molecular weight is 284 g/mol. The van der Waals surface area contributed by atoms with E-state index in [1.807, 2.05) is 36.4 Å². The molecule has 3 heteroatoms. The molecule has 0 spiro atoms. The topological polar surface area (TPSA) is 64.7 Å². The maximum absolute atomic E-state index is 11.5. The minimum atomic E-state index is -0.404. The summed E-state index contributed by atoms with van der Waals surface area (Å²) in [5, 5.41) is 19.3. The van der Waals surface area contributed by atoms with E-state index in [1.54, 1.807) is 6.07 Å². The smallest absolute Gasteiger partial charge is 0.150 e. The number of hydrogen-bond acceptors (Lipinski definition) is 3. The molecule has 3 aliphatic carbocycles. The summed E-state index contributed by atoms with van der Waals surface area (Å²) in [6.07, 6.45) is 0.859. The number of aldehydes is 1. The normalized spacial score (nSPS) is 27.2. The van der Waals surface area contributed by atoms with Crippen LogP contribution in [0.2, 0.25) is 0 Å². The Morgan fingerprint density at radius 2 is 1.41 bits per heavy atom. The standard InChI is InChI=1S/C19H12N2O/c20-8-15-16(9-21)19-13-6-2-1-5-12(13)18(15)14-7-3-4-11(10-22)17(14)19/h1-7,10,15-16,18-19H/t15-,16?,18?,19?/m0/s1. The van der Waals surface area contributed by atoms with Crippen LogP contribution in [0.15, 0.2) is 42.5 Å². The van der Waals surface area contributed by atoms with Gasteiger partial charge in [-0.15, -0.1) is 0 Å². The van der Waals surface area contributed by atoms with E-state index in [4.69, 9.17) is 0 Å². The van der Waals surface area contributed by atoms with Crippen molar-refractivity contribution in [3.8, 4) is 12.1 Å². The number of carbonyl (C=O) groups excluding carboxylic acids is 1. The van der Waals surface area contributed by atoms with Crippen LogP contribution in [0.3, 0.4) is 0 Å². The highest BCUT2D eigenvalue weighted by molar-refractivity contribution is 5.81. The van der Waals surface area contributed by atoms with E-state index >= 15 is 0 Å². The number of nitriles is 2. The number of rotatable bonds is 1. The fourth-order valence-corrected chi connectivity index (χ4v) is 4.22. The number of fused-ring (bicyclic) bond motifs is 1. The lowest BCUT2D eigenvalue weighted by atomic mass is 9.54. The van der Waals surface area contributed by atoms with Crippen molar-refractivity contribution in [1.29, 1.82) is 10.5 Å². The molecular weight excluding hydrogens is 272 g/mol. The number of benzene rings is 2. The van der Waals surface area contributed by atoms with Gasteiger partial charge in [-0.2, -0.15) is 10.5 Å². The summed E-state index contributed by atoms with van der Waals surface area (Å²) < 4.78 is 0. The Morgan fingerprint density at radius 3 is 2.05 bits per heavy atom. The Balaban J connectivity index is 2.11. The first-order valence-electron chi connectivity index (χ1n) is 7.28. The van der Waals surface area contributed by atoms with E-state index in [0.717, 1.165) is 28.5 Å². The molecule has 5 rings (SSSR count). The minimum Gasteiger partial charge on any atom is -0.298 e. The molecule has 0 saturated heterocycles. The summed E-state index contributed by atoms with van der Waals surface area (Å²) in [6.45, 7) is 0. The first-order valence-corrected chi connectivity index (χ1v) is 7.28. The van der Waals surface area contributed by atoms with Gasteiger partial charge >= 0.3 is 0 Å². The Labute approximate surface area is 128 Å². The molecule has 3 unspecified atom stereocenters. The van der Waals surface area contributed by atoms with E-state index in [9.17, 15) is 15.3 Å². The van der Waals surface area contributed by atoms with Gasteiger partial charge in [0.25, 0.3) is 0 Å². The van der Waals surface area contributed by atoms with Gasteiger partial charge in [-0.25, -0.2) is 0 Å². The third-order valence-electron chi connectivity index (χ3n) is 5.02. The molecule has 0 amide bonds. The van der Waals surface area contributed by atoms with Crippen molar-refractivity contribution < 1.29 is 4.79 Å². The van der Waals surface area contributed by atoms with E-state index in [-0.39, 0.29) is 17.8 Å². The van der Waals surface area contributed by atoms with Crippen LogP contribution < -0.4 is 0 Å². The van der Waals surface area contributed by atoms with Crippen LogP contribution in [0.4, 0.5) is 0 Å². The van der Waals surface area contributed by atoms with Crippen LogP contribution in [0.5, 0.6) is 0 Å². The largest absolute Gasteiger partial charge is 0.298 e. The average Bonchev–Trinajstić information content (AvgIpc) is 2.60. The van der Waals surface area contributed by atoms with Crippen LogP contribution in [0.1, 0.15) is 44.4 Å².